The molecule has 0 bridgehead atoms. The van der Waals surface area contributed by atoms with Crippen LogP contribution in [0.2, 0.25) is 0 Å². The van der Waals surface area contributed by atoms with Crippen molar-refractivity contribution < 1.29 is 9.59 Å². The Labute approximate surface area is 185 Å². The summed E-state index contributed by atoms with van der Waals surface area (Å²) in [5, 5.41) is 4.31. The third-order valence-corrected chi connectivity index (χ3v) is 6.65. The van der Waals surface area contributed by atoms with Gasteiger partial charge in [-0.05, 0) is 78.6 Å². The lowest BCUT2D eigenvalue weighted by Gasteiger charge is -2.47. The Balaban J connectivity index is 1.65. The van der Waals surface area contributed by atoms with Crippen LogP contribution in [0.4, 0.5) is 4.79 Å². The number of aromatic nitrogens is 1. The maximum atomic E-state index is 13.8. The van der Waals surface area contributed by atoms with Crippen molar-refractivity contribution in [3.8, 4) is 0 Å². The second kappa shape index (κ2) is 7.37. The standard InChI is InChI=1S/C25H36N4O2/c1-24(2,3)27-23(31)29(25(4,5)6)22(30)16-11-18-17-9-8-10-19-21(17)15(13-26-19)12-20(18)28(7)14-16/h8-10,13,16,18,20,26H,11-12,14H2,1-7H3,(H,27,31)/t16?,18?,20-/m1/s1. The Morgan fingerprint density at radius 3 is 2.52 bits per heavy atom. The van der Waals surface area contributed by atoms with E-state index >= 15 is 0 Å². The normalized spacial score (nSPS) is 24.0. The summed E-state index contributed by atoms with van der Waals surface area (Å²) < 4.78 is 0. The third kappa shape index (κ3) is 3.98. The number of imide groups is 1. The largest absolute Gasteiger partial charge is 0.361 e. The van der Waals surface area contributed by atoms with Crippen LogP contribution in [0.15, 0.2) is 24.4 Å². The van der Waals surface area contributed by atoms with Crippen LogP contribution >= 0.6 is 0 Å². The van der Waals surface area contributed by atoms with E-state index in [9.17, 15) is 9.59 Å². The zero-order valence-corrected chi connectivity index (χ0v) is 19.9. The number of benzene rings is 1. The summed E-state index contributed by atoms with van der Waals surface area (Å²) in [6.45, 7) is 12.3. The molecule has 6 nitrogen and oxygen atoms in total. The fourth-order valence-electron chi connectivity index (χ4n) is 5.42. The van der Waals surface area contributed by atoms with Crippen LogP contribution < -0.4 is 5.32 Å². The summed E-state index contributed by atoms with van der Waals surface area (Å²) in [6, 6.07) is 6.50. The van der Waals surface area contributed by atoms with E-state index < -0.39 is 11.1 Å². The minimum atomic E-state index is -0.595. The number of fused-ring (bicyclic) bond motifs is 2. The van der Waals surface area contributed by atoms with Gasteiger partial charge in [-0.15, -0.1) is 0 Å². The second-order valence-corrected chi connectivity index (χ2v) is 11.4. The van der Waals surface area contributed by atoms with Crippen molar-refractivity contribution in [2.45, 2.75) is 77.4 Å². The molecule has 1 aliphatic heterocycles. The molecule has 1 saturated heterocycles. The highest BCUT2D eigenvalue weighted by molar-refractivity contribution is 5.97. The lowest BCUT2D eigenvalue weighted by Crippen LogP contribution is -2.60. The number of amides is 3. The van der Waals surface area contributed by atoms with E-state index in [0.29, 0.717) is 12.6 Å². The van der Waals surface area contributed by atoms with Crippen molar-refractivity contribution in [3.63, 3.8) is 0 Å². The van der Waals surface area contributed by atoms with E-state index in [1.807, 2.05) is 41.5 Å². The number of likely N-dealkylation sites (N-methyl/N-ethyl adjacent to an activating group) is 1. The van der Waals surface area contributed by atoms with Crippen LogP contribution in [0, 0.1) is 5.92 Å². The molecular formula is C25H36N4O2. The van der Waals surface area contributed by atoms with Gasteiger partial charge in [0.05, 0.1) is 5.92 Å². The van der Waals surface area contributed by atoms with E-state index in [2.05, 4.69) is 46.6 Å². The zero-order valence-electron chi connectivity index (χ0n) is 19.9. The molecule has 1 fully saturated rings. The van der Waals surface area contributed by atoms with E-state index in [4.69, 9.17) is 0 Å². The third-order valence-electron chi connectivity index (χ3n) is 6.65. The van der Waals surface area contributed by atoms with Gasteiger partial charge in [-0.3, -0.25) is 9.69 Å². The van der Waals surface area contributed by atoms with Gasteiger partial charge in [-0.1, -0.05) is 12.1 Å². The molecule has 1 aliphatic carbocycles. The van der Waals surface area contributed by atoms with E-state index in [0.717, 1.165) is 12.8 Å². The maximum Gasteiger partial charge on any atom is 0.324 e. The van der Waals surface area contributed by atoms with Gasteiger partial charge in [-0.2, -0.15) is 0 Å². The molecule has 3 atom stereocenters. The molecule has 2 unspecified atom stereocenters. The number of piperidine rings is 1. The first-order valence-electron chi connectivity index (χ1n) is 11.3. The van der Waals surface area contributed by atoms with Crippen LogP contribution in [-0.2, 0) is 11.2 Å². The molecule has 1 aromatic heterocycles. The first-order chi connectivity index (χ1) is 14.4. The molecule has 0 radical (unpaired) electrons. The van der Waals surface area contributed by atoms with Crippen molar-refractivity contribution >= 4 is 22.8 Å². The van der Waals surface area contributed by atoms with Crippen molar-refractivity contribution in [1.82, 2.24) is 20.1 Å². The first-order valence-corrected chi connectivity index (χ1v) is 11.3. The molecule has 1 aromatic carbocycles. The Morgan fingerprint density at radius 1 is 1.16 bits per heavy atom. The number of hydrogen-bond donors (Lipinski definition) is 2. The predicted octanol–water partition coefficient (Wildman–Crippen LogP) is 4.26. The number of rotatable bonds is 1. The summed E-state index contributed by atoms with van der Waals surface area (Å²) in [7, 11) is 2.12. The summed E-state index contributed by atoms with van der Waals surface area (Å²) in [5.74, 6) is -0.00859. The minimum absolute atomic E-state index is 0.0772. The van der Waals surface area contributed by atoms with Gasteiger partial charge in [0.1, 0.15) is 0 Å². The van der Waals surface area contributed by atoms with Gasteiger partial charge in [-0.25, -0.2) is 4.79 Å². The van der Waals surface area contributed by atoms with Gasteiger partial charge in [0.25, 0.3) is 0 Å². The molecule has 0 spiro atoms. The topological polar surface area (TPSA) is 68.4 Å². The number of carbonyl (C=O) groups excluding carboxylic acids is 2. The number of hydrogen-bond acceptors (Lipinski definition) is 3. The molecule has 2 N–H and O–H groups in total. The predicted molar refractivity (Wildman–Crippen MR) is 124 cm³/mol. The number of urea groups is 1. The smallest absolute Gasteiger partial charge is 0.324 e. The van der Waals surface area contributed by atoms with Crippen LogP contribution in [0.1, 0.15) is 65.0 Å². The molecule has 2 heterocycles. The fraction of sp³-hybridized carbons (Fsp3) is 0.600. The average Bonchev–Trinajstić information content (AvgIpc) is 3.04. The van der Waals surface area contributed by atoms with E-state index in [1.165, 1.54) is 26.9 Å². The van der Waals surface area contributed by atoms with Gasteiger partial charge in [0, 0.05) is 46.7 Å². The Bertz CT molecular complexity index is 1010. The summed E-state index contributed by atoms with van der Waals surface area (Å²) >= 11 is 0. The van der Waals surface area contributed by atoms with Crippen LogP contribution in [0.3, 0.4) is 0 Å². The highest BCUT2D eigenvalue weighted by Crippen LogP contribution is 2.44. The summed E-state index contributed by atoms with van der Waals surface area (Å²) in [4.78, 5) is 34.1. The van der Waals surface area contributed by atoms with Gasteiger partial charge in [0.15, 0.2) is 0 Å². The number of H-pyrrole nitrogens is 1. The Kier molecular flexibility index (Phi) is 5.20. The maximum absolute atomic E-state index is 13.8. The number of likely N-dealkylation sites (tertiary alicyclic amines) is 1. The lowest BCUT2D eigenvalue weighted by molar-refractivity contribution is -0.138. The molecule has 6 heteroatoms. The molecule has 31 heavy (non-hydrogen) atoms. The number of nitrogens with zero attached hydrogens (tertiary/aromatic N) is 2. The Morgan fingerprint density at radius 2 is 1.87 bits per heavy atom. The monoisotopic (exact) mass is 424 g/mol. The second-order valence-electron chi connectivity index (χ2n) is 11.4. The van der Waals surface area contributed by atoms with E-state index in [1.54, 1.807) is 0 Å². The molecular weight excluding hydrogens is 388 g/mol. The number of nitrogens with one attached hydrogen (secondary N) is 2. The van der Waals surface area contributed by atoms with Crippen LogP contribution in [0.25, 0.3) is 10.9 Å². The number of carbonyl (C=O) groups is 2. The molecule has 0 saturated carbocycles. The highest BCUT2D eigenvalue weighted by Gasteiger charge is 2.45. The average molecular weight is 425 g/mol. The summed E-state index contributed by atoms with van der Waals surface area (Å²) in [5.41, 5.74) is 2.87. The number of aromatic amines is 1. The van der Waals surface area contributed by atoms with Crippen molar-refractivity contribution in [2.75, 3.05) is 13.6 Å². The molecule has 4 rings (SSSR count). The van der Waals surface area contributed by atoms with Crippen LogP contribution in [0.5, 0.6) is 0 Å². The molecule has 3 amide bonds. The van der Waals surface area contributed by atoms with Crippen molar-refractivity contribution in [3.05, 3.63) is 35.5 Å². The Hall–Kier alpha value is -2.34. The lowest BCUT2D eigenvalue weighted by atomic mass is 9.72. The quantitative estimate of drug-likeness (QED) is 0.719. The molecule has 2 aromatic rings. The van der Waals surface area contributed by atoms with Crippen LogP contribution in [-0.4, -0.2) is 57.4 Å². The highest BCUT2D eigenvalue weighted by atomic mass is 16.2. The molecule has 168 valence electrons. The summed E-state index contributed by atoms with van der Waals surface area (Å²) in [6.07, 6.45) is 3.90. The molecule has 2 aliphatic rings. The van der Waals surface area contributed by atoms with Crippen molar-refractivity contribution in [1.29, 1.82) is 0 Å². The zero-order chi connectivity index (χ0) is 22.7. The SMILES string of the molecule is CN1CC(C(=O)N(C(=O)NC(C)(C)C)C(C)(C)C)CC2c3cccc4[nH]cc(c34)C[C@H]21. The van der Waals surface area contributed by atoms with Gasteiger partial charge in [0.2, 0.25) is 5.91 Å². The van der Waals surface area contributed by atoms with Gasteiger partial charge < -0.3 is 15.2 Å². The minimum Gasteiger partial charge on any atom is -0.361 e. The van der Waals surface area contributed by atoms with E-state index in [-0.39, 0.29) is 23.8 Å². The van der Waals surface area contributed by atoms with Gasteiger partial charge >= 0.3 is 6.03 Å². The fourth-order valence-corrected chi connectivity index (χ4v) is 5.42. The first kappa shape index (κ1) is 21.9. The van der Waals surface area contributed by atoms with Crippen molar-refractivity contribution in [2.24, 2.45) is 5.92 Å².